The first-order valence-corrected chi connectivity index (χ1v) is 9.28. The lowest BCUT2D eigenvalue weighted by molar-refractivity contribution is 0.174. The SMILES string of the molecule is CCNC(=NCCN(CC)C(C)C)NCCc1ccc2c(c1)OCO2. The van der Waals surface area contributed by atoms with Crippen molar-refractivity contribution in [1.29, 1.82) is 0 Å². The highest BCUT2D eigenvalue weighted by Crippen LogP contribution is 2.32. The lowest BCUT2D eigenvalue weighted by atomic mass is 10.1. The van der Waals surface area contributed by atoms with Gasteiger partial charge in [0.25, 0.3) is 0 Å². The molecule has 0 amide bonds. The van der Waals surface area contributed by atoms with Gasteiger partial charge in [0.15, 0.2) is 17.5 Å². The Morgan fingerprint density at radius 1 is 1.20 bits per heavy atom. The predicted molar refractivity (Wildman–Crippen MR) is 103 cm³/mol. The van der Waals surface area contributed by atoms with Gasteiger partial charge in [-0.1, -0.05) is 13.0 Å². The topological polar surface area (TPSA) is 58.1 Å². The van der Waals surface area contributed by atoms with Crippen LogP contribution < -0.4 is 20.1 Å². The van der Waals surface area contributed by atoms with Crippen LogP contribution in [-0.2, 0) is 6.42 Å². The third kappa shape index (κ3) is 6.12. The highest BCUT2D eigenvalue weighted by molar-refractivity contribution is 5.79. The molecule has 0 saturated heterocycles. The second-order valence-electron chi connectivity index (χ2n) is 6.35. The van der Waals surface area contributed by atoms with Crippen molar-refractivity contribution in [2.24, 2.45) is 4.99 Å². The minimum absolute atomic E-state index is 0.319. The molecule has 2 rings (SSSR count). The van der Waals surface area contributed by atoms with Crippen LogP contribution in [0.3, 0.4) is 0 Å². The van der Waals surface area contributed by atoms with Gasteiger partial charge in [-0.25, -0.2) is 0 Å². The number of aliphatic imine (C=N–C) groups is 1. The van der Waals surface area contributed by atoms with Crippen LogP contribution in [-0.4, -0.2) is 56.4 Å². The molecule has 0 saturated carbocycles. The normalized spacial score (nSPS) is 13.6. The zero-order valence-electron chi connectivity index (χ0n) is 16.0. The van der Waals surface area contributed by atoms with Crippen LogP contribution in [0.4, 0.5) is 0 Å². The first-order valence-electron chi connectivity index (χ1n) is 9.28. The van der Waals surface area contributed by atoms with Gasteiger partial charge in [-0.05, 0) is 51.4 Å². The summed E-state index contributed by atoms with van der Waals surface area (Å²) in [7, 11) is 0. The second kappa shape index (κ2) is 10.1. The molecule has 1 aromatic carbocycles. The van der Waals surface area contributed by atoms with Gasteiger partial charge in [-0.2, -0.15) is 0 Å². The van der Waals surface area contributed by atoms with Gasteiger partial charge in [0.2, 0.25) is 6.79 Å². The minimum atomic E-state index is 0.319. The van der Waals surface area contributed by atoms with E-state index in [-0.39, 0.29) is 0 Å². The number of ether oxygens (including phenoxy) is 2. The maximum atomic E-state index is 5.43. The van der Waals surface area contributed by atoms with Gasteiger partial charge in [-0.15, -0.1) is 0 Å². The van der Waals surface area contributed by atoms with Gasteiger partial charge in [-0.3, -0.25) is 9.89 Å². The van der Waals surface area contributed by atoms with Crippen molar-refractivity contribution in [3.63, 3.8) is 0 Å². The quantitative estimate of drug-likeness (QED) is 0.529. The van der Waals surface area contributed by atoms with Crippen molar-refractivity contribution in [2.75, 3.05) is 39.5 Å². The van der Waals surface area contributed by atoms with Gasteiger partial charge in [0, 0.05) is 25.7 Å². The van der Waals surface area contributed by atoms with Crippen LogP contribution >= 0.6 is 0 Å². The van der Waals surface area contributed by atoms with Crippen molar-refractivity contribution in [3.05, 3.63) is 23.8 Å². The summed E-state index contributed by atoms with van der Waals surface area (Å²) < 4.78 is 10.8. The third-order valence-electron chi connectivity index (χ3n) is 4.28. The maximum absolute atomic E-state index is 5.43. The zero-order valence-corrected chi connectivity index (χ0v) is 16.0. The number of nitrogens with one attached hydrogen (secondary N) is 2. The van der Waals surface area contributed by atoms with E-state index in [1.807, 2.05) is 6.07 Å². The van der Waals surface area contributed by atoms with Crippen LogP contribution in [0, 0.1) is 0 Å². The molecular weight excluding hydrogens is 316 g/mol. The monoisotopic (exact) mass is 348 g/mol. The van der Waals surface area contributed by atoms with Crippen molar-refractivity contribution < 1.29 is 9.47 Å². The molecule has 1 aliphatic rings. The van der Waals surface area contributed by atoms with Crippen molar-refractivity contribution in [2.45, 2.75) is 40.2 Å². The number of nitrogens with zero attached hydrogens (tertiary/aromatic N) is 2. The first-order chi connectivity index (χ1) is 12.1. The molecule has 0 atom stereocenters. The van der Waals surface area contributed by atoms with Gasteiger partial charge < -0.3 is 20.1 Å². The number of fused-ring (bicyclic) bond motifs is 1. The number of rotatable bonds is 9. The summed E-state index contributed by atoms with van der Waals surface area (Å²) in [6, 6.07) is 6.67. The van der Waals surface area contributed by atoms with Crippen LogP contribution in [0.15, 0.2) is 23.2 Å². The summed E-state index contributed by atoms with van der Waals surface area (Å²) in [6.45, 7) is 13.6. The summed E-state index contributed by atoms with van der Waals surface area (Å²) in [5, 5.41) is 6.71. The van der Waals surface area contributed by atoms with E-state index < -0.39 is 0 Å². The number of benzene rings is 1. The van der Waals surface area contributed by atoms with Gasteiger partial charge in [0.05, 0.1) is 6.54 Å². The summed E-state index contributed by atoms with van der Waals surface area (Å²) in [5.41, 5.74) is 1.23. The Labute approximate surface area is 151 Å². The largest absolute Gasteiger partial charge is 0.454 e. The minimum Gasteiger partial charge on any atom is -0.454 e. The summed E-state index contributed by atoms with van der Waals surface area (Å²) >= 11 is 0. The van der Waals surface area contributed by atoms with Crippen molar-refractivity contribution >= 4 is 5.96 Å². The highest BCUT2D eigenvalue weighted by atomic mass is 16.7. The molecule has 25 heavy (non-hydrogen) atoms. The molecule has 0 spiro atoms. The van der Waals surface area contributed by atoms with E-state index in [9.17, 15) is 0 Å². The first kappa shape index (κ1) is 19.4. The number of hydrogen-bond donors (Lipinski definition) is 2. The lowest BCUT2D eigenvalue weighted by Crippen LogP contribution is -2.39. The molecule has 2 N–H and O–H groups in total. The number of hydrogen-bond acceptors (Lipinski definition) is 4. The summed E-state index contributed by atoms with van der Waals surface area (Å²) in [6.07, 6.45) is 0.911. The fourth-order valence-corrected chi connectivity index (χ4v) is 2.84. The molecule has 1 heterocycles. The third-order valence-corrected chi connectivity index (χ3v) is 4.28. The van der Waals surface area contributed by atoms with Gasteiger partial charge in [0.1, 0.15) is 0 Å². The van der Waals surface area contributed by atoms with E-state index in [2.05, 4.69) is 60.4 Å². The average molecular weight is 348 g/mol. The molecule has 140 valence electrons. The van der Waals surface area contributed by atoms with E-state index in [1.54, 1.807) is 0 Å². The highest BCUT2D eigenvalue weighted by Gasteiger charge is 2.13. The molecule has 0 radical (unpaired) electrons. The molecule has 0 unspecified atom stereocenters. The Balaban J connectivity index is 1.79. The molecular formula is C19H32N4O2. The fraction of sp³-hybridized carbons (Fsp3) is 0.632. The zero-order chi connectivity index (χ0) is 18.1. The van der Waals surface area contributed by atoms with E-state index in [1.165, 1.54) is 5.56 Å². The van der Waals surface area contributed by atoms with Crippen LogP contribution in [0.5, 0.6) is 11.5 Å². The Morgan fingerprint density at radius 2 is 2.00 bits per heavy atom. The Hall–Kier alpha value is -1.95. The lowest BCUT2D eigenvalue weighted by Gasteiger charge is -2.23. The molecule has 1 aliphatic heterocycles. The van der Waals surface area contributed by atoms with Crippen molar-refractivity contribution in [3.8, 4) is 11.5 Å². The molecule has 0 fully saturated rings. The van der Waals surface area contributed by atoms with Crippen LogP contribution in [0.2, 0.25) is 0 Å². The Morgan fingerprint density at radius 3 is 2.72 bits per heavy atom. The van der Waals surface area contributed by atoms with Crippen molar-refractivity contribution in [1.82, 2.24) is 15.5 Å². The van der Waals surface area contributed by atoms with E-state index in [4.69, 9.17) is 9.47 Å². The Bertz CT molecular complexity index is 560. The maximum Gasteiger partial charge on any atom is 0.231 e. The molecule has 6 nitrogen and oxygen atoms in total. The molecule has 6 heteroatoms. The molecule has 0 bridgehead atoms. The second-order valence-corrected chi connectivity index (χ2v) is 6.35. The molecule has 0 aliphatic carbocycles. The van der Waals surface area contributed by atoms with E-state index in [0.29, 0.717) is 12.8 Å². The molecule has 1 aromatic rings. The smallest absolute Gasteiger partial charge is 0.231 e. The van der Waals surface area contributed by atoms with E-state index in [0.717, 1.165) is 56.6 Å². The summed E-state index contributed by atoms with van der Waals surface area (Å²) in [4.78, 5) is 7.10. The fourth-order valence-electron chi connectivity index (χ4n) is 2.84. The van der Waals surface area contributed by atoms with Gasteiger partial charge >= 0.3 is 0 Å². The molecule has 0 aromatic heterocycles. The number of likely N-dealkylation sites (N-methyl/N-ethyl adjacent to an activating group) is 1. The predicted octanol–water partition coefficient (Wildman–Crippen LogP) is 2.24. The number of guanidine groups is 1. The Kier molecular flexibility index (Phi) is 7.85. The van der Waals surface area contributed by atoms with Crippen LogP contribution in [0.1, 0.15) is 33.3 Å². The average Bonchev–Trinajstić information content (AvgIpc) is 3.06. The van der Waals surface area contributed by atoms with Crippen LogP contribution in [0.25, 0.3) is 0 Å². The van der Waals surface area contributed by atoms with E-state index >= 15 is 0 Å². The summed E-state index contributed by atoms with van der Waals surface area (Å²) in [5.74, 6) is 2.55. The standard InChI is InChI=1S/C19H32N4O2/c1-5-20-19(22-11-12-23(6-2)15(3)4)21-10-9-16-7-8-17-18(13-16)25-14-24-17/h7-8,13,15H,5-6,9-12,14H2,1-4H3,(H2,20,21,22).